The van der Waals surface area contributed by atoms with Gasteiger partial charge in [0.15, 0.2) is 5.82 Å². The zero-order valence-electron chi connectivity index (χ0n) is 58.7. The number of benzene rings is 1. The van der Waals surface area contributed by atoms with Gasteiger partial charge >= 0.3 is 5.97 Å². The van der Waals surface area contributed by atoms with E-state index >= 15 is 0 Å². The smallest absolute Gasteiger partial charge is 0.306 e. The van der Waals surface area contributed by atoms with Gasteiger partial charge in [0, 0.05) is 11.8 Å². The molecule has 0 spiro atoms. The van der Waals surface area contributed by atoms with Gasteiger partial charge in [0.1, 0.15) is 16.9 Å². The minimum atomic E-state index is -0.748. The van der Waals surface area contributed by atoms with Crippen LogP contribution in [0, 0.1) is 0 Å². The van der Waals surface area contributed by atoms with Crippen LogP contribution in [0.15, 0.2) is 97.2 Å². The molecule has 0 saturated heterocycles. The van der Waals surface area contributed by atoms with E-state index in [1.807, 2.05) is 32.0 Å². The topological polar surface area (TPSA) is 102 Å². The Bertz CT molecular complexity index is 2290. The third-order valence-corrected chi connectivity index (χ3v) is 17.5. The second-order valence-electron chi connectivity index (χ2n) is 26.4. The quantitative estimate of drug-likeness (QED) is 0.0327. The van der Waals surface area contributed by atoms with Gasteiger partial charge in [0.05, 0.1) is 24.1 Å². The van der Waals surface area contributed by atoms with Crippen molar-refractivity contribution in [2.45, 2.75) is 323 Å². The number of carbonyl (C=O) groups is 1. The monoisotopic (exact) mass is 1230 g/mol. The summed E-state index contributed by atoms with van der Waals surface area (Å²) < 4.78 is 8.48. The van der Waals surface area contributed by atoms with Crippen molar-refractivity contribution in [2.24, 2.45) is 0 Å². The summed E-state index contributed by atoms with van der Waals surface area (Å²) in [7, 11) is 0. The van der Waals surface area contributed by atoms with Gasteiger partial charge in [0.25, 0.3) is 0 Å². The van der Waals surface area contributed by atoms with Crippen molar-refractivity contribution in [3.63, 3.8) is 0 Å². The highest BCUT2D eigenvalue weighted by molar-refractivity contribution is 6.06. The summed E-state index contributed by atoms with van der Waals surface area (Å²) in [4.78, 5) is 28.8. The summed E-state index contributed by atoms with van der Waals surface area (Å²) >= 11 is 0. The van der Waals surface area contributed by atoms with Crippen LogP contribution in [0.25, 0.3) is 21.9 Å². The van der Waals surface area contributed by atoms with Crippen molar-refractivity contribution in [3.05, 3.63) is 103 Å². The molecule has 89 heavy (non-hydrogen) atoms. The van der Waals surface area contributed by atoms with Crippen molar-refractivity contribution in [2.75, 3.05) is 51.5 Å². The number of rotatable bonds is 61. The average Bonchev–Trinajstić information content (AvgIpc) is 1.69. The number of carbonyl (C=O) groups excluding carboxylic acids is 1. The standard InChI is InChI=1S/C80H137N7O2/c1-7-11-14-17-20-23-26-29-32-35-38-41-44-47-50-57-65-85(66-58-51-48-45-42-39-36-33-30-27-24-21-18-15-12-8-2)69-61-70-86(67-59-52-49-46-43-40-37-34-31-28-25-22-19-16-13-9-3)68-60-53-54-64-76(88)89-80(5,6)72-87-75(71-82-10-4)84-77-78(87)73-62-55-56-63-74(73)83-79(77)81/h20-25,29-34,55-56,62-63,82H,7-19,26-28,35-54,57-61,64-72H2,1-6H3,(H2,81,83)/b23-20-,24-21-,25-22-,32-29-,33-30-,34-31-. The van der Waals surface area contributed by atoms with E-state index in [1.165, 1.54) is 244 Å². The predicted octanol–water partition coefficient (Wildman–Crippen LogP) is 22.6. The van der Waals surface area contributed by atoms with E-state index in [0.717, 1.165) is 80.4 Å². The molecule has 3 rings (SSSR count). The van der Waals surface area contributed by atoms with E-state index in [1.54, 1.807) is 0 Å². The fourth-order valence-electron chi connectivity index (χ4n) is 12.2. The molecule has 1 aromatic carbocycles. The first kappa shape index (κ1) is 78.9. The Morgan fingerprint density at radius 2 is 0.854 bits per heavy atom. The Balaban J connectivity index is 1.52. The first-order chi connectivity index (χ1) is 43.7. The van der Waals surface area contributed by atoms with E-state index in [4.69, 9.17) is 15.5 Å². The lowest BCUT2D eigenvalue weighted by Crippen LogP contribution is -2.34. The number of aromatic nitrogens is 3. The second-order valence-corrected chi connectivity index (χ2v) is 26.4. The zero-order valence-corrected chi connectivity index (χ0v) is 58.7. The summed E-state index contributed by atoms with van der Waals surface area (Å²) in [5.41, 5.74) is 8.22. The van der Waals surface area contributed by atoms with E-state index in [9.17, 15) is 4.79 Å². The lowest BCUT2D eigenvalue weighted by atomic mass is 10.1. The number of pyridine rings is 1. The maximum atomic E-state index is 13.6. The van der Waals surface area contributed by atoms with Crippen LogP contribution < -0.4 is 11.1 Å². The number of esters is 1. The maximum Gasteiger partial charge on any atom is 0.306 e. The number of ether oxygens (including phenoxy) is 1. The van der Waals surface area contributed by atoms with Gasteiger partial charge in [-0.25, -0.2) is 9.97 Å². The third-order valence-electron chi connectivity index (χ3n) is 17.5. The molecule has 9 nitrogen and oxygen atoms in total. The summed E-state index contributed by atoms with van der Waals surface area (Å²) in [5, 5.41) is 4.44. The van der Waals surface area contributed by atoms with Gasteiger partial charge in [0.2, 0.25) is 0 Å². The Hall–Kier alpha value is -4.31. The fraction of sp³-hybridized carbons (Fsp3) is 0.713. The Morgan fingerprint density at radius 3 is 1.27 bits per heavy atom. The molecule has 0 saturated carbocycles. The minimum absolute atomic E-state index is 0.128. The molecule has 0 aliphatic rings. The average molecular weight is 1230 g/mol. The third kappa shape index (κ3) is 41.0. The minimum Gasteiger partial charge on any atom is -0.458 e. The van der Waals surface area contributed by atoms with E-state index in [-0.39, 0.29) is 5.97 Å². The molecule has 0 bridgehead atoms. The van der Waals surface area contributed by atoms with Crippen molar-refractivity contribution < 1.29 is 9.53 Å². The van der Waals surface area contributed by atoms with Gasteiger partial charge < -0.3 is 30.2 Å². The van der Waals surface area contributed by atoms with E-state index in [0.29, 0.717) is 30.8 Å². The summed E-state index contributed by atoms with van der Waals surface area (Å²) in [6.07, 6.45) is 79.7. The van der Waals surface area contributed by atoms with Gasteiger partial charge in [-0.05, 0) is 201 Å². The van der Waals surface area contributed by atoms with Crippen LogP contribution in [0.1, 0.15) is 311 Å². The van der Waals surface area contributed by atoms with Gasteiger partial charge in [-0.3, -0.25) is 4.79 Å². The summed E-state index contributed by atoms with van der Waals surface area (Å²) in [6.45, 7) is 22.0. The molecule has 0 atom stereocenters. The SMILES string of the molecule is CCCCC/C=C\C/C=C\CCCCCCCCN(CCCCCCCC/C=C\C/C=C\CCCCC)CCCN(CCCCCCCC/C=C\C/C=C\CCCCC)CCCCCC(=O)OC(C)(C)Cn1c(CNCC)nc2c(N)nc3ccccc3c21. The number of unbranched alkanes of at least 4 members (excludes halogenated alkanes) is 29. The fourth-order valence-corrected chi connectivity index (χ4v) is 12.2. The number of anilines is 1. The summed E-state index contributed by atoms with van der Waals surface area (Å²) in [5.74, 6) is 1.16. The molecule has 2 aromatic heterocycles. The van der Waals surface area contributed by atoms with E-state index < -0.39 is 5.60 Å². The molecule has 0 aliphatic carbocycles. The van der Waals surface area contributed by atoms with Crippen LogP contribution in [-0.2, 0) is 22.6 Å². The number of nitrogens with zero attached hydrogens (tertiary/aromatic N) is 5. The molecule has 504 valence electrons. The molecule has 2 heterocycles. The van der Waals surface area contributed by atoms with Crippen LogP contribution in [0.5, 0.6) is 0 Å². The Labute approximate surface area is 548 Å². The molecule has 9 heteroatoms. The van der Waals surface area contributed by atoms with Crippen molar-refractivity contribution in [3.8, 4) is 0 Å². The number of hydrogen-bond acceptors (Lipinski definition) is 8. The van der Waals surface area contributed by atoms with Crippen LogP contribution in [-0.4, -0.2) is 81.7 Å². The molecule has 0 radical (unpaired) electrons. The normalized spacial score (nSPS) is 12.7. The molecular formula is C80H137N7O2. The Morgan fingerprint density at radius 1 is 0.483 bits per heavy atom. The highest BCUT2D eigenvalue weighted by atomic mass is 16.6. The first-order valence-corrected chi connectivity index (χ1v) is 37.5. The van der Waals surface area contributed by atoms with Gasteiger partial charge in [-0.1, -0.05) is 241 Å². The lowest BCUT2D eigenvalue weighted by Gasteiger charge is -2.27. The molecule has 0 fully saturated rings. The number of imidazole rings is 1. The number of nitrogens with one attached hydrogen (secondary N) is 1. The largest absolute Gasteiger partial charge is 0.458 e. The summed E-state index contributed by atoms with van der Waals surface area (Å²) in [6, 6.07) is 8.08. The highest BCUT2D eigenvalue weighted by Gasteiger charge is 2.28. The molecule has 3 aromatic rings. The number of hydrogen-bond donors (Lipinski definition) is 2. The van der Waals surface area contributed by atoms with Crippen molar-refractivity contribution in [1.82, 2.24) is 29.7 Å². The number of allylic oxidation sites excluding steroid dienone is 12. The van der Waals surface area contributed by atoms with Crippen LogP contribution in [0.3, 0.4) is 0 Å². The number of fused-ring (bicyclic) bond motifs is 3. The number of para-hydroxylation sites is 1. The molecule has 0 unspecified atom stereocenters. The van der Waals surface area contributed by atoms with Crippen molar-refractivity contribution in [1.29, 1.82) is 0 Å². The second kappa shape index (κ2) is 55.3. The van der Waals surface area contributed by atoms with Crippen LogP contribution >= 0.6 is 0 Å². The zero-order chi connectivity index (χ0) is 63.8. The number of nitrogens with two attached hydrogens (primary N) is 1. The van der Waals surface area contributed by atoms with Crippen LogP contribution in [0.2, 0.25) is 0 Å². The Kier molecular flexibility index (Phi) is 49.1. The molecule has 0 amide bonds. The first-order valence-electron chi connectivity index (χ1n) is 37.5. The lowest BCUT2D eigenvalue weighted by molar-refractivity contribution is -0.157. The van der Waals surface area contributed by atoms with Crippen LogP contribution in [0.4, 0.5) is 5.82 Å². The van der Waals surface area contributed by atoms with Gasteiger partial charge in [-0.15, -0.1) is 0 Å². The molecule has 3 N–H and O–H groups in total. The van der Waals surface area contributed by atoms with Gasteiger partial charge in [-0.2, -0.15) is 0 Å². The highest BCUT2D eigenvalue weighted by Crippen LogP contribution is 2.31. The van der Waals surface area contributed by atoms with Crippen molar-refractivity contribution >= 4 is 33.7 Å². The maximum absolute atomic E-state index is 13.6. The van der Waals surface area contributed by atoms with E-state index in [2.05, 4.69) is 131 Å². The predicted molar refractivity (Wildman–Crippen MR) is 391 cm³/mol. The molecule has 0 aliphatic heterocycles. The molecular weight excluding hydrogens is 1090 g/mol. The number of nitrogen functional groups attached to an aromatic ring is 1.